The zero-order valence-corrected chi connectivity index (χ0v) is 10.5. The Balaban J connectivity index is 1.95. The summed E-state index contributed by atoms with van der Waals surface area (Å²) < 4.78 is 20.9. The second-order valence-corrected chi connectivity index (χ2v) is 4.39. The third-order valence-corrected chi connectivity index (χ3v) is 2.67. The van der Waals surface area contributed by atoms with Gasteiger partial charge in [0.05, 0.1) is 6.54 Å². The fourth-order valence-electron chi connectivity index (χ4n) is 1.66. The van der Waals surface area contributed by atoms with E-state index in [2.05, 4.69) is 10.2 Å². The normalized spacial score (nSPS) is 10.9. The van der Waals surface area contributed by atoms with Crippen LogP contribution in [0.15, 0.2) is 30.9 Å². The fraction of sp³-hybridized carbons (Fsp3) is 0.385. The number of hydrogen-bond donors (Lipinski definition) is 0. The van der Waals surface area contributed by atoms with Gasteiger partial charge in [-0.2, -0.15) is 0 Å². The van der Waals surface area contributed by atoms with Gasteiger partial charge in [0.2, 0.25) is 0 Å². The third-order valence-electron chi connectivity index (χ3n) is 2.67. The molecule has 0 atom stereocenters. The van der Waals surface area contributed by atoms with E-state index in [-0.39, 0.29) is 11.7 Å². The Kier molecular flexibility index (Phi) is 3.92. The number of aromatic nitrogens is 3. The minimum Gasteiger partial charge on any atom is -0.492 e. The highest BCUT2D eigenvalue weighted by Crippen LogP contribution is 2.23. The summed E-state index contributed by atoms with van der Waals surface area (Å²) in [5.74, 6) is 0.649. The van der Waals surface area contributed by atoms with Gasteiger partial charge in [0.1, 0.15) is 30.8 Å². The summed E-state index contributed by atoms with van der Waals surface area (Å²) in [6, 6.07) is 4.85. The molecule has 0 aliphatic heterocycles. The van der Waals surface area contributed by atoms with E-state index in [4.69, 9.17) is 4.74 Å². The van der Waals surface area contributed by atoms with E-state index < -0.39 is 0 Å². The smallest absolute Gasteiger partial charge is 0.126 e. The zero-order chi connectivity index (χ0) is 13.0. The van der Waals surface area contributed by atoms with Crippen molar-refractivity contribution in [2.45, 2.75) is 26.3 Å². The van der Waals surface area contributed by atoms with Gasteiger partial charge in [0, 0.05) is 0 Å². The van der Waals surface area contributed by atoms with Crippen molar-refractivity contribution >= 4 is 0 Å². The number of rotatable bonds is 5. The summed E-state index contributed by atoms with van der Waals surface area (Å²) in [5.41, 5.74) is 0.678. The van der Waals surface area contributed by atoms with Crippen LogP contribution < -0.4 is 4.74 Å². The number of benzene rings is 1. The Hall–Kier alpha value is -1.91. The van der Waals surface area contributed by atoms with Crippen molar-refractivity contribution in [3.05, 3.63) is 42.2 Å². The van der Waals surface area contributed by atoms with Crippen LogP contribution in [0.1, 0.15) is 25.3 Å². The third kappa shape index (κ3) is 3.06. The summed E-state index contributed by atoms with van der Waals surface area (Å²) in [4.78, 5) is 0. The number of ether oxygens (including phenoxy) is 1. The van der Waals surface area contributed by atoms with Gasteiger partial charge in [-0.3, -0.25) is 0 Å². The molecule has 0 spiro atoms. The van der Waals surface area contributed by atoms with Crippen molar-refractivity contribution in [1.82, 2.24) is 14.8 Å². The summed E-state index contributed by atoms with van der Waals surface area (Å²) in [6.45, 7) is 5.08. The van der Waals surface area contributed by atoms with E-state index in [9.17, 15) is 4.39 Å². The highest BCUT2D eigenvalue weighted by atomic mass is 19.1. The number of halogens is 1. The quantitative estimate of drug-likeness (QED) is 0.817. The largest absolute Gasteiger partial charge is 0.492 e. The standard InChI is InChI=1S/C13H16FN3O/c1-10(2)12-7-11(3-4-13(12)14)18-6-5-17-8-15-16-9-17/h3-4,7-10H,5-6H2,1-2H3. The van der Waals surface area contributed by atoms with Gasteiger partial charge in [-0.05, 0) is 29.7 Å². The number of hydrogen-bond acceptors (Lipinski definition) is 3. The minimum atomic E-state index is -0.184. The molecule has 2 aromatic rings. The molecule has 0 bridgehead atoms. The van der Waals surface area contributed by atoms with E-state index in [0.29, 0.717) is 24.5 Å². The molecule has 18 heavy (non-hydrogen) atoms. The second-order valence-electron chi connectivity index (χ2n) is 4.39. The molecule has 0 N–H and O–H groups in total. The van der Waals surface area contributed by atoms with Crippen LogP contribution in [-0.4, -0.2) is 21.4 Å². The van der Waals surface area contributed by atoms with Crippen molar-refractivity contribution in [2.75, 3.05) is 6.61 Å². The first-order chi connectivity index (χ1) is 8.66. The Morgan fingerprint density at radius 1 is 1.28 bits per heavy atom. The van der Waals surface area contributed by atoms with Crippen LogP contribution in [0.2, 0.25) is 0 Å². The Morgan fingerprint density at radius 2 is 2.00 bits per heavy atom. The Morgan fingerprint density at radius 3 is 2.67 bits per heavy atom. The highest BCUT2D eigenvalue weighted by Gasteiger charge is 2.08. The van der Waals surface area contributed by atoms with E-state index >= 15 is 0 Å². The molecular formula is C13H16FN3O. The molecule has 0 fully saturated rings. The summed E-state index contributed by atoms with van der Waals surface area (Å²) in [7, 11) is 0. The van der Waals surface area contributed by atoms with Crippen LogP contribution >= 0.6 is 0 Å². The lowest BCUT2D eigenvalue weighted by Crippen LogP contribution is -2.07. The van der Waals surface area contributed by atoms with Crippen LogP contribution in [0, 0.1) is 5.82 Å². The van der Waals surface area contributed by atoms with E-state index in [1.807, 2.05) is 18.4 Å². The van der Waals surface area contributed by atoms with Gasteiger partial charge < -0.3 is 9.30 Å². The first-order valence-corrected chi connectivity index (χ1v) is 5.91. The lowest BCUT2D eigenvalue weighted by atomic mass is 10.0. The highest BCUT2D eigenvalue weighted by molar-refractivity contribution is 5.31. The Bertz CT molecular complexity index is 497. The molecule has 1 aromatic heterocycles. The predicted molar refractivity (Wildman–Crippen MR) is 66.0 cm³/mol. The molecule has 2 rings (SSSR count). The van der Waals surface area contributed by atoms with Gasteiger partial charge in [-0.1, -0.05) is 13.8 Å². The second kappa shape index (κ2) is 5.62. The molecule has 0 aliphatic carbocycles. The van der Waals surface area contributed by atoms with Crippen LogP contribution in [0.3, 0.4) is 0 Å². The maximum atomic E-state index is 13.5. The lowest BCUT2D eigenvalue weighted by Gasteiger charge is -2.11. The molecule has 5 heteroatoms. The Labute approximate surface area is 105 Å². The van der Waals surface area contributed by atoms with Crippen molar-refractivity contribution < 1.29 is 9.13 Å². The summed E-state index contributed by atoms with van der Waals surface area (Å²) in [5, 5.41) is 7.41. The molecular weight excluding hydrogens is 233 g/mol. The van der Waals surface area contributed by atoms with Crippen LogP contribution in [0.5, 0.6) is 5.75 Å². The van der Waals surface area contributed by atoms with Gasteiger partial charge in [0.15, 0.2) is 0 Å². The molecule has 4 nitrogen and oxygen atoms in total. The molecule has 0 radical (unpaired) electrons. The SMILES string of the molecule is CC(C)c1cc(OCCn2cnnc2)ccc1F. The predicted octanol–water partition coefficient (Wildman–Crippen LogP) is 2.62. The molecule has 0 saturated carbocycles. The van der Waals surface area contributed by atoms with Gasteiger partial charge >= 0.3 is 0 Å². The maximum absolute atomic E-state index is 13.5. The van der Waals surface area contributed by atoms with Crippen molar-refractivity contribution in [1.29, 1.82) is 0 Å². The lowest BCUT2D eigenvalue weighted by molar-refractivity contribution is 0.297. The van der Waals surface area contributed by atoms with Crippen LogP contribution in [0.25, 0.3) is 0 Å². The molecule has 0 amide bonds. The van der Waals surface area contributed by atoms with Crippen LogP contribution in [-0.2, 0) is 6.54 Å². The van der Waals surface area contributed by atoms with Gasteiger partial charge in [-0.25, -0.2) is 4.39 Å². The average Bonchev–Trinajstić information content (AvgIpc) is 2.84. The average molecular weight is 249 g/mol. The molecule has 1 aromatic carbocycles. The summed E-state index contributed by atoms with van der Waals surface area (Å²) >= 11 is 0. The van der Waals surface area contributed by atoms with E-state index in [0.717, 1.165) is 0 Å². The van der Waals surface area contributed by atoms with Crippen molar-refractivity contribution in [3.63, 3.8) is 0 Å². The molecule has 0 unspecified atom stereocenters. The summed E-state index contributed by atoms with van der Waals surface area (Å²) in [6.07, 6.45) is 3.27. The van der Waals surface area contributed by atoms with Crippen molar-refractivity contribution in [3.8, 4) is 5.75 Å². The van der Waals surface area contributed by atoms with Crippen LogP contribution in [0.4, 0.5) is 4.39 Å². The van der Waals surface area contributed by atoms with E-state index in [1.54, 1.807) is 24.8 Å². The first-order valence-electron chi connectivity index (χ1n) is 5.91. The minimum absolute atomic E-state index is 0.145. The number of nitrogens with zero attached hydrogens (tertiary/aromatic N) is 3. The van der Waals surface area contributed by atoms with Gasteiger partial charge in [0.25, 0.3) is 0 Å². The van der Waals surface area contributed by atoms with E-state index in [1.165, 1.54) is 6.07 Å². The zero-order valence-electron chi connectivity index (χ0n) is 10.5. The van der Waals surface area contributed by atoms with Crippen molar-refractivity contribution in [2.24, 2.45) is 0 Å². The topological polar surface area (TPSA) is 39.9 Å². The molecule has 1 heterocycles. The molecule has 0 aliphatic rings. The monoisotopic (exact) mass is 249 g/mol. The fourth-order valence-corrected chi connectivity index (χ4v) is 1.66. The van der Waals surface area contributed by atoms with Gasteiger partial charge in [-0.15, -0.1) is 10.2 Å². The molecule has 96 valence electrons. The first kappa shape index (κ1) is 12.5. The molecule has 0 saturated heterocycles. The maximum Gasteiger partial charge on any atom is 0.126 e.